The van der Waals surface area contributed by atoms with Crippen molar-refractivity contribution in [3.63, 3.8) is 0 Å². The highest BCUT2D eigenvalue weighted by Crippen LogP contribution is 2.32. The Hall–Kier alpha value is -1.35. The normalized spacial score (nSPS) is 15.2. The fraction of sp³-hybridized carbons (Fsp3) is 0.385. The summed E-state index contributed by atoms with van der Waals surface area (Å²) in [4.78, 5) is 0. The van der Waals surface area contributed by atoms with Gasteiger partial charge in [0, 0.05) is 12.5 Å². The first-order chi connectivity index (χ1) is 8.29. The number of nitrogens with zero attached hydrogens (tertiary/aromatic N) is 3. The van der Waals surface area contributed by atoms with Crippen LogP contribution in [0.4, 0.5) is 0 Å². The molecule has 0 N–H and O–H groups in total. The summed E-state index contributed by atoms with van der Waals surface area (Å²) in [6.45, 7) is 2.08. The van der Waals surface area contributed by atoms with Crippen LogP contribution in [-0.4, -0.2) is 14.8 Å². The van der Waals surface area contributed by atoms with Gasteiger partial charge in [-0.05, 0) is 35.6 Å². The molecule has 4 heteroatoms. The number of halogens is 1. The minimum atomic E-state index is 0.379. The van der Waals surface area contributed by atoms with Gasteiger partial charge in [0.15, 0.2) is 0 Å². The molecule has 1 aromatic carbocycles. The number of hydrogen-bond acceptors (Lipinski definition) is 2. The van der Waals surface area contributed by atoms with E-state index in [0.29, 0.717) is 11.3 Å². The van der Waals surface area contributed by atoms with E-state index in [-0.39, 0.29) is 0 Å². The number of fused-ring (bicyclic) bond motifs is 1. The Balaban J connectivity index is 1.96. The summed E-state index contributed by atoms with van der Waals surface area (Å²) < 4.78 is 2.08. The molecule has 0 fully saturated rings. The van der Waals surface area contributed by atoms with Crippen molar-refractivity contribution < 1.29 is 0 Å². The highest BCUT2D eigenvalue weighted by atomic mass is 35.5. The molecule has 2 aromatic rings. The second-order valence-corrected chi connectivity index (χ2v) is 4.78. The molecule has 0 spiro atoms. The molecular formula is C13H14ClN3. The van der Waals surface area contributed by atoms with Crippen molar-refractivity contribution in [1.82, 2.24) is 14.8 Å². The van der Waals surface area contributed by atoms with Crippen LogP contribution in [0.5, 0.6) is 0 Å². The first-order valence-electron chi connectivity index (χ1n) is 5.95. The van der Waals surface area contributed by atoms with Gasteiger partial charge in [-0.15, -0.1) is 10.2 Å². The van der Waals surface area contributed by atoms with E-state index in [9.17, 15) is 0 Å². The first-order valence-corrected chi connectivity index (χ1v) is 6.33. The van der Waals surface area contributed by atoms with Gasteiger partial charge in [-0.25, -0.2) is 0 Å². The van der Waals surface area contributed by atoms with Crippen LogP contribution in [0, 0.1) is 0 Å². The Morgan fingerprint density at radius 3 is 2.47 bits per heavy atom. The molecule has 0 aliphatic heterocycles. The minimum Gasteiger partial charge on any atom is -0.298 e. The molecule has 88 valence electrons. The number of aryl methyl sites for hydroxylation is 1. The Morgan fingerprint density at radius 1 is 1.24 bits per heavy atom. The topological polar surface area (TPSA) is 30.7 Å². The van der Waals surface area contributed by atoms with Crippen LogP contribution >= 0.6 is 11.6 Å². The fourth-order valence-electron chi connectivity index (χ4n) is 2.62. The summed E-state index contributed by atoms with van der Waals surface area (Å²) in [6.07, 6.45) is 2.93. The zero-order chi connectivity index (χ0) is 11.8. The third-order valence-electron chi connectivity index (χ3n) is 3.44. The number of benzene rings is 1. The summed E-state index contributed by atoms with van der Waals surface area (Å²) in [6, 6.07) is 8.95. The lowest BCUT2D eigenvalue weighted by Crippen LogP contribution is -2.12. The third-order valence-corrected chi connectivity index (χ3v) is 3.69. The summed E-state index contributed by atoms with van der Waals surface area (Å²) >= 11 is 6.14. The smallest absolute Gasteiger partial charge is 0.225 e. The molecule has 0 amide bonds. The van der Waals surface area contributed by atoms with Gasteiger partial charge in [0.1, 0.15) is 5.82 Å². The zero-order valence-electron chi connectivity index (χ0n) is 9.73. The van der Waals surface area contributed by atoms with Crippen molar-refractivity contribution in [2.75, 3.05) is 0 Å². The van der Waals surface area contributed by atoms with Crippen LogP contribution < -0.4 is 0 Å². The van der Waals surface area contributed by atoms with Gasteiger partial charge in [-0.1, -0.05) is 31.2 Å². The molecule has 3 rings (SSSR count). The Labute approximate surface area is 105 Å². The molecule has 0 radical (unpaired) electrons. The predicted octanol–water partition coefficient (Wildman–Crippen LogP) is 2.83. The van der Waals surface area contributed by atoms with Gasteiger partial charge >= 0.3 is 0 Å². The van der Waals surface area contributed by atoms with E-state index in [1.54, 1.807) is 0 Å². The Kier molecular flexibility index (Phi) is 2.63. The number of rotatable bonds is 2. The summed E-state index contributed by atoms with van der Waals surface area (Å²) in [5.41, 5.74) is 2.84. The Morgan fingerprint density at radius 2 is 1.88 bits per heavy atom. The zero-order valence-corrected chi connectivity index (χ0v) is 10.5. The van der Waals surface area contributed by atoms with Crippen molar-refractivity contribution in [1.29, 1.82) is 0 Å². The lowest BCUT2D eigenvalue weighted by Gasteiger charge is -2.14. The van der Waals surface area contributed by atoms with E-state index in [4.69, 9.17) is 11.6 Å². The lowest BCUT2D eigenvalue weighted by atomic mass is 10.1. The van der Waals surface area contributed by atoms with E-state index in [1.165, 1.54) is 11.1 Å². The van der Waals surface area contributed by atoms with Gasteiger partial charge in [0.25, 0.3) is 0 Å². The van der Waals surface area contributed by atoms with E-state index >= 15 is 0 Å². The predicted molar refractivity (Wildman–Crippen MR) is 67.3 cm³/mol. The van der Waals surface area contributed by atoms with Crippen LogP contribution in [0.15, 0.2) is 24.3 Å². The standard InChI is InChI=1S/C13H14ClN3/c1-2-12-15-16-13(14)17(12)11-7-9-5-3-4-6-10(9)8-11/h3-6,11H,2,7-8H2,1H3. The van der Waals surface area contributed by atoms with Crippen molar-refractivity contribution in [3.05, 3.63) is 46.5 Å². The van der Waals surface area contributed by atoms with Crippen LogP contribution in [0.3, 0.4) is 0 Å². The second kappa shape index (κ2) is 4.15. The number of hydrogen-bond donors (Lipinski definition) is 0. The van der Waals surface area contributed by atoms with Crippen molar-refractivity contribution in [3.8, 4) is 0 Å². The molecular weight excluding hydrogens is 234 g/mol. The summed E-state index contributed by atoms with van der Waals surface area (Å²) in [5.74, 6) is 0.979. The highest BCUT2D eigenvalue weighted by molar-refractivity contribution is 6.28. The summed E-state index contributed by atoms with van der Waals surface area (Å²) in [7, 11) is 0. The Bertz CT molecular complexity index is 522. The molecule has 0 atom stereocenters. The monoisotopic (exact) mass is 247 g/mol. The number of aromatic nitrogens is 3. The molecule has 0 unspecified atom stereocenters. The first kappa shape index (κ1) is 10.8. The van der Waals surface area contributed by atoms with E-state index in [1.807, 2.05) is 0 Å². The second-order valence-electron chi connectivity index (χ2n) is 4.44. The average molecular weight is 248 g/mol. The quantitative estimate of drug-likeness (QED) is 0.817. The molecule has 1 aliphatic rings. The van der Waals surface area contributed by atoms with Crippen LogP contribution in [0.25, 0.3) is 0 Å². The van der Waals surface area contributed by atoms with Crippen LogP contribution in [-0.2, 0) is 19.3 Å². The third kappa shape index (κ3) is 1.75. The maximum absolute atomic E-state index is 6.14. The highest BCUT2D eigenvalue weighted by Gasteiger charge is 2.26. The van der Waals surface area contributed by atoms with Gasteiger partial charge < -0.3 is 0 Å². The molecule has 1 aromatic heterocycles. The van der Waals surface area contributed by atoms with Gasteiger partial charge in [-0.3, -0.25) is 4.57 Å². The average Bonchev–Trinajstić information content (AvgIpc) is 2.91. The van der Waals surface area contributed by atoms with Gasteiger partial charge in [0.2, 0.25) is 5.28 Å². The summed E-state index contributed by atoms with van der Waals surface area (Å²) in [5, 5.41) is 8.61. The maximum Gasteiger partial charge on any atom is 0.225 e. The fourth-order valence-corrected chi connectivity index (χ4v) is 2.90. The molecule has 3 nitrogen and oxygen atoms in total. The van der Waals surface area contributed by atoms with E-state index in [2.05, 4.69) is 46.0 Å². The molecule has 1 aliphatic carbocycles. The molecule has 0 saturated carbocycles. The maximum atomic E-state index is 6.14. The SMILES string of the molecule is CCc1nnc(Cl)n1C1Cc2ccccc2C1. The van der Waals surface area contributed by atoms with Crippen molar-refractivity contribution in [2.24, 2.45) is 0 Å². The van der Waals surface area contributed by atoms with E-state index in [0.717, 1.165) is 25.1 Å². The van der Waals surface area contributed by atoms with Crippen LogP contribution in [0.1, 0.15) is 29.9 Å². The lowest BCUT2D eigenvalue weighted by molar-refractivity contribution is 0.509. The minimum absolute atomic E-state index is 0.379. The van der Waals surface area contributed by atoms with E-state index < -0.39 is 0 Å². The van der Waals surface area contributed by atoms with Gasteiger partial charge in [-0.2, -0.15) is 0 Å². The molecule has 1 heterocycles. The molecule has 0 saturated heterocycles. The van der Waals surface area contributed by atoms with Gasteiger partial charge in [0.05, 0.1) is 0 Å². The largest absolute Gasteiger partial charge is 0.298 e. The molecule has 17 heavy (non-hydrogen) atoms. The molecule has 0 bridgehead atoms. The van der Waals surface area contributed by atoms with Crippen LogP contribution in [0.2, 0.25) is 5.28 Å². The van der Waals surface area contributed by atoms with Crippen molar-refractivity contribution >= 4 is 11.6 Å². The van der Waals surface area contributed by atoms with Crippen molar-refractivity contribution in [2.45, 2.75) is 32.2 Å².